The van der Waals surface area contributed by atoms with Crippen LogP contribution in [0.1, 0.15) is 33.3 Å². The van der Waals surface area contributed by atoms with Gasteiger partial charge in [-0.2, -0.15) is 0 Å². The van der Waals surface area contributed by atoms with Gasteiger partial charge in [0.05, 0.1) is 26.9 Å². The summed E-state index contributed by atoms with van der Waals surface area (Å²) in [6, 6.07) is -0.180. The van der Waals surface area contributed by atoms with Crippen molar-refractivity contribution in [3.8, 4) is 5.75 Å². The highest BCUT2D eigenvalue weighted by atomic mass is 16.5. The second-order valence-electron chi connectivity index (χ2n) is 5.49. The lowest BCUT2D eigenvalue weighted by molar-refractivity contribution is 0.0320. The van der Waals surface area contributed by atoms with Crippen LogP contribution in [-0.4, -0.2) is 61.9 Å². The highest BCUT2D eigenvalue weighted by Crippen LogP contribution is 2.28. The molecule has 8 nitrogen and oxygen atoms in total. The van der Waals surface area contributed by atoms with Crippen molar-refractivity contribution >= 4 is 11.9 Å². The molecule has 3 heterocycles. The Hall–Kier alpha value is -2.35. The number of methoxy groups -OCH3 is 2. The average molecular weight is 322 g/mol. The predicted octanol–water partition coefficient (Wildman–Crippen LogP) is 0.0607. The normalized spacial score (nSPS) is 20.3. The summed E-state index contributed by atoms with van der Waals surface area (Å²) in [6.07, 6.45) is 2.11. The maximum Gasteiger partial charge on any atom is 0.343 e. The number of rotatable bonds is 2. The molecule has 1 amide bonds. The minimum Gasteiger partial charge on any atom is -0.491 e. The standard InChI is InChI=1S/C15H18N2O6/c1-21-13-11-14(19)16-4-3-5-23-8-9(6-16)17(11)7-10(12(13)18)15(20)22-2/h7,9H,3-6,8H2,1-2H3. The van der Waals surface area contributed by atoms with Crippen molar-refractivity contribution in [2.75, 3.05) is 40.5 Å². The zero-order chi connectivity index (χ0) is 16.6. The highest BCUT2D eigenvalue weighted by molar-refractivity contribution is 5.98. The zero-order valence-electron chi connectivity index (χ0n) is 13.0. The number of amides is 1. The molecule has 1 fully saturated rings. The summed E-state index contributed by atoms with van der Waals surface area (Å²) in [5.41, 5.74) is -0.638. The van der Waals surface area contributed by atoms with Crippen LogP contribution in [0.4, 0.5) is 0 Å². The van der Waals surface area contributed by atoms with E-state index in [0.29, 0.717) is 26.3 Å². The van der Waals surface area contributed by atoms with Gasteiger partial charge in [0.25, 0.3) is 5.91 Å². The topological polar surface area (TPSA) is 87.1 Å². The third kappa shape index (κ3) is 2.48. The van der Waals surface area contributed by atoms with Gasteiger partial charge in [0.2, 0.25) is 5.43 Å². The van der Waals surface area contributed by atoms with Crippen LogP contribution in [0.2, 0.25) is 0 Å². The lowest BCUT2D eigenvalue weighted by Crippen LogP contribution is -2.48. The van der Waals surface area contributed by atoms with E-state index < -0.39 is 11.4 Å². The van der Waals surface area contributed by atoms with Crippen molar-refractivity contribution in [1.82, 2.24) is 9.47 Å². The maximum atomic E-state index is 12.7. The van der Waals surface area contributed by atoms with Gasteiger partial charge in [-0.15, -0.1) is 0 Å². The molecule has 2 aliphatic heterocycles. The van der Waals surface area contributed by atoms with Gasteiger partial charge in [-0.05, 0) is 6.42 Å². The zero-order valence-corrected chi connectivity index (χ0v) is 13.0. The monoisotopic (exact) mass is 322 g/mol. The SMILES string of the molecule is COC(=O)c1cn2c(c(OC)c1=O)C(=O)N1CCCOCC2C1. The van der Waals surface area contributed by atoms with Crippen LogP contribution < -0.4 is 10.2 Å². The van der Waals surface area contributed by atoms with Crippen LogP contribution in [0, 0.1) is 0 Å². The van der Waals surface area contributed by atoms with Gasteiger partial charge in [0.15, 0.2) is 11.4 Å². The molecule has 1 atom stereocenters. The Morgan fingerprint density at radius 1 is 1.35 bits per heavy atom. The van der Waals surface area contributed by atoms with E-state index in [-0.39, 0.29) is 29.0 Å². The lowest BCUT2D eigenvalue weighted by Gasteiger charge is -2.38. The van der Waals surface area contributed by atoms with Crippen LogP contribution in [0.3, 0.4) is 0 Å². The first-order valence-electron chi connectivity index (χ1n) is 7.37. The fourth-order valence-electron chi connectivity index (χ4n) is 3.03. The smallest absolute Gasteiger partial charge is 0.343 e. The summed E-state index contributed by atoms with van der Waals surface area (Å²) < 4.78 is 17.0. The van der Waals surface area contributed by atoms with Gasteiger partial charge in [-0.25, -0.2) is 4.79 Å². The molecule has 3 rings (SSSR count). The van der Waals surface area contributed by atoms with Crippen LogP contribution in [0.15, 0.2) is 11.0 Å². The Kier molecular flexibility index (Phi) is 4.08. The fourth-order valence-corrected chi connectivity index (χ4v) is 3.03. The molecular formula is C15H18N2O6. The molecule has 0 aromatic carbocycles. The Morgan fingerprint density at radius 2 is 2.13 bits per heavy atom. The van der Waals surface area contributed by atoms with Crippen LogP contribution in [0.25, 0.3) is 0 Å². The Balaban J connectivity index is 2.23. The minimum atomic E-state index is -0.759. The van der Waals surface area contributed by atoms with Crippen LogP contribution >= 0.6 is 0 Å². The minimum absolute atomic E-state index is 0.131. The molecule has 0 spiro atoms. The highest BCUT2D eigenvalue weighted by Gasteiger charge is 2.36. The molecule has 8 heteroatoms. The summed E-state index contributed by atoms with van der Waals surface area (Å²) in [4.78, 5) is 38.7. The molecular weight excluding hydrogens is 304 g/mol. The largest absolute Gasteiger partial charge is 0.491 e. The van der Waals surface area contributed by atoms with E-state index >= 15 is 0 Å². The van der Waals surface area contributed by atoms with Crippen molar-refractivity contribution in [3.05, 3.63) is 27.7 Å². The Labute approximate surface area is 132 Å². The van der Waals surface area contributed by atoms with Crippen LogP contribution in [-0.2, 0) is 9.47 Å². The van der Waals surface area contributed by atoms with Crippen molar-refractivity contribution < 1.29 is 23.8 Å². The number of carbonyl (C=O) groups excluding carboxylic acids is 2. The first-order valence-corrected chi connectivity index (χ1v) is 7.37. The number of fused-ring (bicyclic) bond motifs is 4. The second-order valence-corrected chi connectivity index (χ2v) is 5.49. The number of carbonyl (C=O) groups is 2. The molecule has 1 saturated heterocycles. The van der Waals surface area contributed by atoms with Crippen molar-refractivity contribution in [2.45, 2.75) is 12.5 Å². The fraction of sp³-hybridized carbons (Fsp3) is 0.533. The van der Waals surface area contributed by atoms with Gasteiger partial charge in [-0.1, -0.05) is 0 Å². The lowest BCUT2D eigenvalue weighted by atomic mass is 10.1. The number of ether oxygens (including phenoxy) is 3. The van der Waals surface area contributed by atoms with E-state index in [0.717, 1.165) is 6.42 Å². The van der Waals surface area contributed by atoms with Gasteiger partial charge >= 0.3 is 5.97 Å². The van der Waals surface area contributed by atoms with E-state index in [9.17, 15) is 14.4 Å². The van der Waals surface area contributed by atoms with E-state index in [1.165, 1.54) is 20.4 Å². The number of nitrogens with zero attached hydrogens (tertiary/aromatic N) is 2. The maximum absolute atomic E-state index is 12.7. The number of esters is 1. The molecule has 1 aromatic rings. The number of hydrogen-bond donors (Lipinski definition) is 0. The molecule has 1 unspecified atom stereocenters. The first-order chi connectivity index (χ1) is 11.1. The molecule has 0 N–H and O–H groups in total. The molecule has 1 aromatic heterocycles. The third-order valence-corrected chi connectivity index (χ3v) is 4.14. The summed E-state index contributed by atoms with van der Waals surface area (Å²) in [5.74, 6) is -1.16. The molecule has 0 aliphatic carbocycles. The summed E-state index contributed by atoms with van der Waals surface area (Å²) >= 11 is 0. The molecule has 2 aliphatic rings. The second kappa shape index (κ2) is 6.04. The molecule has 0 saturated carbocycles. The van der Waals surface area contributed by atoms with Gasteiger partial charge < -0.3 is 23.7 Å². The Bertz CT molecular complexity index is 711. The van der Waals surface area contributed by atoms with Crippen molar-refractivity contribution in [3.63, 3.8) is 0 Å². The average Bonchev–Trinajstić information content (AvgIpc) is 2.53. The van der Waals surface area contributed by atoms with E-state index in [1.807, 2.05) is 0 Å². The van der Waals surface area contributed by atoms with E-state index in [4.69, 9.17) is 9.47 Å². The molecule has 124 valence electrons. The van der Waals surface area contributed by atoms with Crippen molar-refractivity contribution in [1.29, 1.82) is 0 Å². The number of aromatic nitrogens is 1. The van der Waals surface area contributed by atoms with Gasteiger partial charge in [0, 0.05) is 25.9 Å². The quantitative estimate of drug-likeness (QED) is 0.716. The first kappa shape index (κ1) is 15.5. The summed E-state index contributed by atoms with van der Waals surface area (Å²) in [5, 5.41) is 0. The number of pyridine rings is 1. The third-order valence-electron chi connectivity index (χ3n) is 4.14. The number of hydrogen-bond acceptors (Lipinski definition) is 6. The predicted molar refractivity (Wildman–Crippen MR) is 79.0 cm³/mol. The molecule has 0 radical (unpaired) electrons. The van der Waals surface area contributed by atoms with Gasteiger partial charge in [0.1, 0.15) is 5.56 Å². The van der Waals surface area contributed by atoms with E-state index in [1.54, 1.807) is 9.47 Å². The summed E-state index contributed by atoms with van der Waals surface area (Å²) in [6.45, 7) is 1.99. The van der Waals surface area contributed by atoms with E-state index in [2.05, 4.69) is 4.74 Å². The van der Waals surface area contributed by atoms with Crippen molar-refractivity contribution in [2.24, 2.45) is 0 Å². The molecule has 2 bridgehead atoms. The van der Waals surface area contributed by atoms with Gasteiger partial charge in [-0.3, -0.25) is 9.59 Å². The molecule has 23 heavy (non-hydrogen) atoms. The van der Waals surface area contributed by atoms with Crippen LogP contribution in [0.5, 0.6) is 5.75 Å². The Morgan fingerprint density at radius 3 is 2.83 bits per heavy atom. The summed E-state index contributed by atoms with van der Waals surface area (Å²) in [7, 11) is 2.51.